The number of nitrogens with one attached hydrogen (secondary N) is 1. The Morgan fingerprint density at radius 2 is 2.00 bits per heavy atom. The second-order valence-electron chi connectivity index (χ2n) is 4.91. The number of rotatable bonds is 9. The zero-order valence-electron chi connectivity index (χ0n) is 12.8. The standard InChI is InChI=1S/C11H15N3O9S2/c1-24(19,20)23-6-7(4-11(15)16)13-9-3-2-8(25(12,21)22)5-10(9)14(17)18/h2-3,5,7,13H,4,6H2,1H3,(H,15,16)(H2,12,21,22)/t7-/m0/s1. The summed E-state index contributed by atoms with van der Waals surface area (Å²) in [5.74, 6) is -1.31. The van der Waals surface area contributed by atoms with E-state index in [1.54, 1.807) is 0 Å². The summed E-state index contributed by atoms with van der Waals surface area (Å²) in [4.78, 5) is 20.6. The van der Waals surface area contributed by atoms with E-state index in [2.05, 4.69) is 9.50 Å². The molecule has 4 N–H and O–H groups in total. The number of carbonyl (C=O) groups is 1. The van der Waals surface area contributed by atoms with Crippen LogP contribution in [-0.2, 0) is 29.1 Å². The highest BCUT2D eigenvalue weighted by molar-refractivity contribution is 7.89. The summed E-state index contributed by atoms with van der Waals surface area (Å²) >= 11 is 0. The van der Waals surface area contributed by atoms with Crippen LogP contribution in [-0.4, -0.2) is 51.7 Å². The molecule has 0 spiro atoms. The highest BCUT2D eigenvalue weighted by atomic mass is 32.2. The minimum Gasteiger partial charge on any atom is -0.481 e. The van der Waals surface area contributed by atoms with Gasteiger partial charge < -0.3 is 10.4 Å². The quantitative estimate of drug-likeness (QED) is 0.277. The van der Waals surface area contributed by atoms with Crippen LogP contribution in [0, 0.1) is 10.1 Å². The Morgan fingerprint density at radius 3 is 2.44 bits per heavy atom. The van der Waals surface area contributed by atoms with Crippen molar-refractivity contribution in [2.75, 3.05) is 18.2 Å². The molecule has 0 radical (unpaired) electrons. The van der Waals surface area contributed by atoms with Gasteiger partial charge in [0.15, 0.2) is 0 Å². The van der Waals surface area contributed by atoms with E-state index in [-0.39, 0.29) is 5.69 Å². The second kappa shape index (κ2) is 7.73. The van der Waals surface area contributed by atoms with Crippen molar-refractivity contribution in [1.82, 2.24) is 0 Å². The van der Waals surface area contributed by atoms with E-state index in [9.17, 15) is 31.7 Å². The molecular weight excluding hydrogens is 382 g/mol. The Balaban J connectivity index is 3.18. The molecule has 1 aromatic carbocycles. The highest BCUT2D eigenvalue weighted by Gasteiger charge is 2.23. The summed E-state index contributed by atoms with van der Waals surface area (Å²) in [7, 11) is -8.05. The van der Waals surface area contributed by atoms with Gasteiger partial charge in [-0.25, -0.2) is 13.6 Å². The number of anilines is 1. The van der Waals surface area contributed by atoms with E-state index in [1.807, 2.05) is 0 Å². The second-order valence-corrected chi connectivity index (χ2v) is 8.11. The van der Waals surface area contributed by atoms with Gasteiger partial charge in [0.25, 0.3) is 15.8 Å². The van der Waals surface area contributed by atoms with Crippen molar-refractivity contribution in [3.05, 3.63) is 28.3 Å². The Hall–Kier alpha value is -2.29. The van der Waals surface area contributed by atoms with E-state index >= 15 is 0 Å². The van der Waals surface area contributed by atoms with Crippen LogP contribution in [0.1, 0.15) is 6.42 Å². The molecule has 140 valence electrons. The Bertz CT molecular complexity index is 880. The number of sulfonamides is 1. The summed E-state index contributed by atoms with van der Waals surface area (Å²) in [5.41, 5.74) is -0.901. The van der Waals surface area contributed by atoms with Gasteiger partial charge in [-0.15, -0.1) is 0 Å². The van der Waals surface area contributed by atoms with Crippen molar-refractivity contribution < 1.29 is 35.8 Å². The molecule has 0 heterocycles. The number of carboxylic acid groups (broad SMARTS) is 1. The van der Waals surface area contributed by atoms with Gasteiger partial charge in [-0.1, -0.05) is 0 Å². The zero-order valence-corrected chi connectivity index (χ0v) is 14.4. The number of carboxylic acids is 1. The molecule has 14 heteroatoms. The summed E-state index contributed by atoms with van der Waals surface area (Å²) in [6.07, 6.45) is 0.151. The zero-order chi connectivity index (χ0) is 19.4. The average molecular weight is 397 g/mol. The van der Waals surface area contributed by atoms with Gasteiger partial charge in [0.2, 0.25) is 10.0 Å². The molecule has 1 rings (SSSR count). The van der Waals surface area contributed by atoms with E-state index < -0.39 is 60.7 Å². The molecule has 1 aromatic rings. The molecule has 0 fully saturated rings. The Morgan fingerprint density at radius 1 is 1.40 bits per heavy atom. The summed E-state index contributed by atoms with van der Waals surface area (Å²) in [6, 6.07) is 1.58. The van der Waals surface area contributed by atoms with Crippen LogP contribution in [0.3, 0.4) is 0 Å². The number of hydrogen-bond donors (Lipinski definition) is 3. The van der Waals surface area contributed by atoms with Crippen molar-refractivity contribution in [1.29, 1.82) is 0 Å². The third-order valence-electron chi connectivity index (χ3n) is 2.76. The molecular formula is C11H15N3O9S2. The monoisotopic (exact) mass is 397 g/mol. The van der Waals surface area contributed by atoms with Crippen LogP contribution in [0.4, 0.5) is 11.4 Å². The van der Waals surface area contributed by atoms with Crippen molar-refractivity contribution in [3.8, 4) is 0 Å². The molecule has 1 atom stereocenters. The number of nitro groups is 1. The molecule has 0 saturated heterocycles. The number of nitro benzene ring substituents is 1. The van der Waals surface area contributed by atoms with E-state index in [0.717, 1.165) is 18.4 Å². The van der Waals surface area contributed by atoms with E-state index in [4.69, 9.17) is 10.2 Å². The van der Waals surface area contributed by atoms with Crippen molar-refractivity contribution in [2.24, 2.45) is 5.14 Å². The number of primary sulfonamides is 1. The Kier molecular flexibility index (Phi) is 6.42. The first-order valence-electron chi connectivity index (χ1n) is 6.43. The van der Waals surface area contributed by atoms with Gasteiger partial charge in [0.05, 0.1) is 35.1 Å². The number of nitrogens with zero attached hydrogens (tertiary/aromatic N) is 1. The largest absolute Gasteiger partial charge is 0.481 e. The number of aliphatic carboxylic acids is 1. The maximum atomic E-state index is 11.3. The molecule has 0 saturated carbocycles. The molecule has 0 aliphatic carbocycles. The topological polar surface area (TPSA) is 196 Å². The SMILES string of the molecule is CS(=O)(=O)OC[C@H](CC(=O)O)Nc1ccc(S(N)(=O)=O)cc1[N+](=O)[O-]. The van der Waals surface area contributed by atoms with E-state index in [0.29, 0.717) is 6.07 Å². The van der Waals surface area contributed by atoms with Crippen LogP contribution in [0.25, 0.3) is 0 Å². The highest BCUT2D eigenvalue weighted by Crippen LogP contribution is 2.28. The van der Waals surface area contributed by atoms with Crippen LogP contribution < -0.4 is 10.5 Å². The lowest BCUT2D eigenvalue weighted by Gasteiger charge is -2.17. The van der Waals surface area contributed by atoms with Gasteiger partial charge >= 0.3 is 5.97 Å². The summed E-state index contributed by atoms with van der Waals surface area (Å²) in [6.45, 7) is -0.598. The summed E-state index contributed by atoms with van der Waals surface area (Å²) in [5, 5.41) is 27.3. The van der Waals surface area contributed by atoms with Gasteiger partial charge in [0.1, 0.15) is 5.69 Å². The predicted molar refractivity (Wildman–Crippen MR) is 84.9 cm³/mol. The fraction of sp³-hybridized carbons (Fsp3) is 0.364. The van der Waals surface area contributed by atoms with Gasteiger partial charge in [-0.05, 0) is 12.1 Å². The van der Waals surface area contributed by atoms with Crippen molar-refractivity contribution in [2.45, 2.75) is 17.4 Å². The first kappa shape index (κ1) is 20.8. The molecule has 25 heavy (non-hydrogen) atoms. The molecule has 0 bridgehead atoms. The first-order valence-corrected chi connectivity index (χ1v) is 9.80. The van der Waals surface area contributed by atoms with Crippen LogP contribution in [0.2, 0.25) is 0 Å². The van der Waals surface area contributed by atoms with Crippen LogP contribution >= 0.6 is 0 Å². The van der Waals surface area contributed by atoms with Crippen LogP contribution in [0.5, 0.6) is 0 Å². The normalized spacial score (nSPS) is 13.2. The fourth-order valence-corrected chi connectivity index (χ4v) is 2.69. The lowest BCUT2D eigenvalue weighted by Crippen LogP contribution is -2.30. The minimum atomic E-state index is -4.18. The van der Waals surface area contributed by atoms with Crippen LogP contribution in [0.15, 0.2) is 23.1 Å². The third kappa shape index (κ3) is 7.00. The molecule has 12 nitrogen and oxygen atoms in total. The molecule has 0 unspecified atom stereocenters. The number of benzene rings is 1. The van der Waals surface area contributed by atoms with Crippen molar-refractivity contribution in [3.63, 3.8) is 0 Å². The molecule has 0 amide bonds. The molecule has 0 aliphatic heterocycles. The Labute approximate surface area is 142 Å². The molecule has 0 aromatic heterocycles. The first-order chi connectivity index (χ1) is 11.3. The van der Waals surface area contributed by atoms with Gasteiger partial charge in [-0.2, -0.15) is 8.42 Å². The van der Waals surface area contributed by atoms with Crippen molar-refractivity contribution >= 4 is 37.5 Å². The fourth-order valence-electron chi connectivity index (χ4n) is 1.75. The lowest BCUT2D eigenvalue weighted by molar-refractivity contribution is -0.384. The number of nitrogens with two attached hydrogens (primary N) is 1. The third-order valence-corrected chi connectivity index (χ3v) is 4.23. The maximum absolute atomic E-state index is 11.3. The van der Waals surface area contributed by atoms with Gasteiger partial charge in [-0.3, -0.25) is 19.1 Å². The van der Waals surface area contributed by atoms with E-state index in [1.165, 1.54) is 0 Å². The number of hydrogen-bond acceptors (Lipinski definition) is 9. The molecule has 0 aliphatic rings. The summed E-state index contributed by atoms with van der Waals surface area (Å²) < 4.78 is 49.1. The average Bonchev–Trinajstić information content (AvgIpc) is 2.42. The van der Waals surface area contributed by atoms with Gasteiger partial charge in [0, 0.05) is 6.07 Å². The smallest absolute Gasteiger partial charge is 0.305 e. The lowest BCUT2D eigenvalue weighted by atomic mass is 10.2. The minimum absolute atomic E-state index is 0.222. The predicted octanol–water partition coefficient (Wildman–Crippen LogP) is -0.526. The maximum Gasteiger partial charge on any atom is 0.305 e.